The third-order valence-corrected chi connectivity index (χ3v) is 8.99. The fourth-order valence-corrected chi connectivity index (χ4v) is 6.72. The molecule has 0 bridgehead atoms. The molecule has 0 aliphatic heterocycles. The average Bonchev–Trinajstić information content (AvgIpc) is 3.69. The van der Waals surface area contributed by atoms with Crippen molar-refractivity contribution < 1.29 is 47.4 Å². The van der Waals surface area contributed by atoms with Crippen LogP contribution in [0.5, 0.6) is 0 Å². The Bertz CT molecular complexity index is 1810. The summed E-state index contributed by atoms with van der Waals surface area (Å²) in [5.41, 5.74) is 19.7. The molecule has 2 aromatic carbocycles. The van der Waals surface area contributed by atoms with Gasteiger partial charge in [-0.15, -0.1) is 22.7 Å². The molecular formula is C32H32F3N5O7S2. The van der Waals surface area contributed by atoms with Gasteiger partial charge in [-0.3, -0.25) is 24.1 Å². The Labute approximate surface area is 286 Å². The predicted molar refractivity (Wildman–Crippen MR) is 177 cm³/mol. The maximum atomic E-state index is 12.9. The van der Waals surface area contributed by atoms with Crippen LogP contribution in [0.25, 0.3) is 0 Å². The van der Waals surface area contributed by atoms with Gasteiger partial charge < -0.3 is 27.4 Å². The van der Waals surface area contributed by atoms with E-state index in [1.807, 2.05) is 36.4 Å². The standard InChI is InChI=1S/C20H19N3O3S.C10H12N2O2S.C2HF3O2/c21-11-15-7-4-8-16(9-15)20(26)23(12-19(24)25)17-13-27-18(22-17)10-14-5-2-1-3-6-14;11-9(13)7-5-3-1-2-4-6(5)15-8(7)10(12)14;3-2(4,5)1(6)7/h1-9,13H,10-12,21H2,(H,24,25);1-4H2,(H2,11,13)(H2,12,14);(H,6,7). The fourth-order valence-electron chi connectivity index (χ4n) is 4.66. The smallest absolute Gasteiger partial charge is 0.480 e. The van der Waals surface area contributed by atoms with Crippen molar-refractivity contribution in [2.75, 3.05) is 11.4 Å². The zero-order chi connectivity index (χ0) is 36.3. The third-order valence-electron chi connectivity index (χ3n) is 6.85. The van der Waals surface area contributed by atoms with Crippen LogP contribution < -0.4 is 22.1 Å². The van der Waals surface area contributed by atoms with Crippen LogP contribution >= 0.6 is 22.7 Å². The molecule has 2 heterocycles. The Hall–Kier alpha value is -5.13. The van der Waals surface area contributed by atoms with Crippen LogP contribution in [0.1, 0.15) is 69.8 Å². The normalized spacial score (nSPS) is 11.9. The molecule has 5 rings (SSSR count). The van der Waals surface area contributed by atoms with E-state index in [1.54, 1.807) is 23.6 Å². The van der Waals surface area contributed by atoms with Gasteiger partial charge in [0.15, 0.2) is 0 Å². The summed E-state index contributed by atoms with van der Waals surface area (Å²) in [6.07, 6.45) is -0.555. The van der Waals surface area contributed by atoms with Gasteiger partial charge in [0.05, 0.1) is 10.6 Å². The lowest BCUT2D eigenvalue weighted by atomic mass is 9.94. The Kier molecular flexibility index (Phi) is 13.5. The lowest BCUT2D eigenvalue weighted by molar-refractivity contribution is -0.192. The summed E-state index contributed by atoms with van der Waals surface area (Å²) in [5, 5.41) is 18.9. The number of nitrogens with two attached hydrogens (primary N) is 3. The van der Waals surface area contributed by atoms with E-state index in [1.165, 1.54) is 27.6 Å². The molecule has 2 aromatic heterocycles. The Morgan fingerprint density at radius 2 is 1.53 bits per heavy atom. The Balaban J connectivity index is 0.000000246. The molecule has 0 fully saturated rings. The molecule has 0 spiro atoms. The van der Waals surface area contributed by atoms with Gasteiger partial charge in [-0.05, 0) is 54.5 Å². The number of aryl methyl sites for hydroxylation is 1. The molecule has 3 amide bonds. The summed E-state index contributed by atoms with van der Waals surface area (Å²) in [5.74, 6) is -5.02. The summed E-state index contributed by atoms with van der Waals surface area (Å²) in [6.45, 7) is -0.155. The molecule has 0 saturated heterocycles. The number of carboxylic acid groups (broad SMARTS) is 2. The maximum absolute atomic E-state index is 12.9. The molecule has 0 atom stereocenters. The molecule has 260 valence electrons. The lowest BCUT2D eigenvalue weighted by Gasteiger charge is -2.18. The highest BCUT2D eigenvalue weighted by atomic mass is 32.1. The maximum Gasteiger partial charge on any atom is 0.490 e. The van der Waals surface area contributed by atoms with Gasteiger partial charge in [0.25, 0.3) is 17.7 Å². The number of thiazole rings is 1. The third kappa shape index (κ3) is 10.9. The minimum atomic E-state index is -5.08. The molecule has 17 heteroatoms. The molecule has 1 aliphatic rings. The number of anilines is 1. The summed E-state index contributed by atoms with van der Waals surface area (Å²) in [6, 6.07) is 16.7. The molecule has 0 radical (unpaired) electrons. The lowest BCUT2D eigenvalue weighted by Crippen LogP contribution is -2.36. The van der Waals surface area contributed by atoms with Crippen LogP contribution in [-0.2, 0) is 35.4 Å². The summed E-state index contributed by atoms with van der Waals surface area (Å²) >= 11 is 2.73. The van der Waals surface area contributed by atoms with Crippen molar-refractivity contribution in [2.45, 2.75) is 44.8 Å². The quantitative estimate of drug-likeness (QED) is 0.165. The number of primary amides is 2. The number of carboxylic acids is 2. The summed E-state index contributed by atoms with van der Waals surface area (Å²) in [7, 11) is 0. The van der Waals surface area contributed by atoms with Gasteiger partial charge in [0.2, 0.25) is 0 Å². The number of carbonyl (C=O) groups excluding carboxylic acids is 3. The number of thiophene rings is 1. The first kappa shape index (κ1) is 38.3. The van der Waals surface area contributed by atoms with Crippen molar-refractivity contribution in [3.05, 3.63) is 103 Å². The zero-order valence-electron chi connectivity index (χ0n) is 25.7. The number of aliphatic carboxylic acids is 2. The molecule has 0 saturated carbocycles. The van der Waals surface area contributed by atoms with Gasteiger partial charge in [-0.2, -0.15) is 13.2 Å². The topological polar surface area (TPSA) is 220 Å². The van der Waals surface area contributed by atoms with E-state index in [9.17, 15) is 37.5 Å². The molecule has 4 aromatic rings. The molecule has 49 heavy (non-hydrogen) atoms. The second-order valence-corrected chi connectivity index (χ2v) is 12.4. The number of fused-ring (bicyclic) bond motifs is 1. The highest BCUT2D eigenvalue weighted by Gasteiger charge is 2.38. The number of hydrogen-bond donors (Lipinski definition) is 5. The van der Waals surface area contributed by atoms with Crippen molar-refractivity contribution in [2.24, 2.45) is 17.2 Å². The van der Waals surface area contributed by atoms with E-state index < -0.39 is 42.4 Å². The van der Waals surface area contributed by atoms with Crippen LogP contribution in [0.15, 0.2) is 60.0 Å². The Morgan fingerprint density at radius 1 is 0.898 bits per heavy atom. The number of rotatable bonds is 9. The number of hydrogen-bond acceptors (Lipinski definition) is 9. The molecular weight excluding hydrogens is 688 g/mol. The first-order valence-electron chi connectivity index (χ1n) is 14.5. The van der Waals surface area contributed by atoms with Crippen LogP contribution in [0.3, 0.4) is 0 Å². The monoisotopic (exact) mass is 719 g/mol. The van der Waals surface area contributed by atoms with Gasteiger partial charge in [0, 0.05) is 28.8 Å². The number of nitrogens with zero attached hydrogens (tertiary/aromatic N) is 2. The van der Waals surface area contributed by atoms with E-state index in [0.29, 0.717) is 34.8 Å². The van der Waals surface area contributed by atoms with Gasteiger partial charge in [-0.25, -0.2) is 9.78 Å². The molecule has 0 unspecified atom stereocenters. The fraction of sp³-hybridized carbons (Fsp3) is 0.250. The SMILES string of the molecule is NC(=O)c1sc2c(c1C(N)=O)CCCC2.NCc1cccc(C(=O)N(CC(=O)O)c2csc(Cc3ccccc3)n2)c1.O=C(O)C(F)(F)F. The van der Waals surface area contributed by atoms with Gasteiger partial charge >= 0.3 is 18.1 Å². The van der Waals surface area contributed by atoms with Crippen molar-refractivity contribution >= 4 is 58.2 Å². The average molecular weight is 720 g/mol. The number of carbonyl (C=O) groups is 5. The summed E-state index contributed by atoms with van der Waals surface area (Å²) in [4.78, 5) is 62.6. The second kappa shape index (κ2) is 17.3. The second-order valence-electron chi connectivity index (χ2n) is 10.4. The van der Waals surface area contributed by atoms with Crippen molar-refractivity contribution in [1.82, 2.24) is 4.98 Å². The summed E-state index contributed by atoms with van der Waals surface area (Å²) < 4.78 is 31.7. The van der Waals surface area contributed by atoms with E-state index in [-0.39, 0.29) is 0 Å². The number of halogens is 3. The predicted octanol–water partition coefficient (Wildman–Crippen LogP) is 4.38. The minimum absolute atomic E-state index is 0.304. The zero-order valence-corrected chi connectivity index (χ0v) is 27.4. The molecule has 8 N–H and O–H groups in total. The van der Waals surface area contributed by atoms with Crippen LogP contribution in [0, 0.1) is 0 Å². The van der Waals surface area contributed by atoms with Crippen molar-refractivity contribution in [3.8, 4) is 0 Å². The highest BCUT2D eigenvalue weighted by molar-refractivity contribution is 7.14. The van der Waals surface area contributed by atoms with E-state index in [4.69, 9.17) is 27.1 Å². The molecule has 12 nitrogen and oxygen atoms in total. The number of benzene rings is 2. The van der Waals surface area contributed by atoms with Crippen LogP contribution in [0.4, 0.5) is 19.0 Å². The largest absolute Gasteiger partial charge is 0.490 e. The molecule has 1 aliphatic carbocycles. The van der Waals surface area contributed by atoms with Crippen LogP contribution in [0.2, 0.25) is 0 Å². The Morgan fingerprint density at radius 3 is 2.10 bits per heavy atom. The highest BCUT2D eigenvalue weighted by Crippen LogP contribution is 2.34. The number of amides is 3. The van der Waals surface area contributed by atoms with Crippen LogP contribution in [-0.4, -0.2) is 57.6 Å². The van der Waals surface area contributed by atoms with Gasteiger partial charge in [-0.1, -0.05) is 42.5 Å². The first-order valence-corrected chi connectivity index (χ1v) is 16.2. The van der Waals surface area contributed by atoms with E-state index in [2.05, 4.69) is 4.98 Å². The first-order chi connectivity index (χ1) is 23.1. The van der Waals surface area contributed by atoms with E-state index in [0.717, 1.165) is 52.3 Å². The van der Waals surface area contributed by atoms with Crippen molar-refractivity contribution in [1.29, 1.82) is 0 Å². The van der Waals surface area contributed by atoms with E-state index >= 15 is 0 Å². The van der Waals surface area contributed by atoms with Crippen molar-refractivity contribution in [3.63, 3.8) is 0 Å². The number of alkyl halides is 3. The number of aromatic nitrogens is 1. The van der Waals surface area contributed by atoms with Gasteiger partial charge in [0.1, 0.15) is 17.2 Å². The minimum Gasteiger partial charge on any atom is -0.480 e.